The lowest BCUT2D eigenvalue weighted by Crippen LogP contribution is -2.24. The number of benzene rings is 2. The highest BCUT2D eigenvalue weighted by atomic mass is 16.2. The molecule has 0 bridgehead atoms. The van der Waals surface area contributed by atoms with Gasteiger partial charge in [0, 0.05) is 30.6 Å². The average molecular weight is 347 g/mol. The Balaban J connectivity index is 1.68. The van der Waals surface area contributed by atoms with Gasteiger partial charge in [0.1, 0.15) is 5.82 Å². The molecule has 0 radical (unpaired) electrons. The highest BCUT2D eigenvalue weighted by molar-refractivity contribution is 5.96. The number of nitrogens with zero attached hydrogens (tertiary/aromatic N) is 3. The number of fused-ring (bicyclic) bond motifs is 1. The Bertz CT molecular complexity index is 940. The van der Waals surface area contributed by atoms with Gasteiger partial charge in [0.05, 0.1) is 11.0 Å². The minimum atomic E-state index is 0.128. The van der Waals surface area contributed by atoms with Crippen LogP contribution in [-0.2, 0) is 11.2 Å². The fourth-order valence-electron chi connectivity index (χ4n) is 3.94. The van der Waals surface area contributed by atoms with E-state index in [1.165, 1.54) is 5.56 Å². The van der Waals surface area contributed by atoms with Crippen molar-refractivity contribution in [1.82, 2.24) is 9.55 Å². The van der Waals surface area contributed by atoms with Gasteiger partial charge in [-0.2, -0.15) is 0 Å². The van der Waals surface area contributed by atoms with Crippen LogP contribution in [-0.4, -0.2) is 22.0 Å². The Labute approximate surface area is 154 Å². The lowest BCUT2D eigenvalue weighted by Gasteiger charge is -2.19. The number of para-hydroxylation sites is 2. The van der Waals surface area contributed by atoms with Gasteiger partial charge in [0.25, 0.3) is 0 Å². The molecular formula is C22H25N3O. The van der Waals surface area contributed by atoms with Gasteiger partial charge < -0.3 is 9.47 Å². The van der Waals surface area contributed by atoms with Crippen LogP contribution in [0.1, 0.15) is 50.5 Å². The van der Waals surface area contributed by atoms with Crippen molar-refractivity contribution in [2.45, 2.75) is 45.6 Å². The predicted octanol–water partition coefficient (Wildman–Crippen LogP) is 4.70. The summed E-state index contributed by atoms with van der Waals surface area (Å²) < 4.78 is 2.29. The third-order valence-electron chi connectivity index (χ3n) is 5.29. The Hall–Kier alpha value is -2.62. The van der Waals surface area contributed by atoms with Crippen LogP contribution < -0.4 is 4.90 Å². The predicted molar refractivity (Wildman–Crippen MR) is 106 cm³/mol. The lowest BCUT2D eigenvalue weighted by molar-refractivity contribution is -0.117. The van der Waals surface area contributed by atoms with Crippen molar-refractivity contribution in [3.63, 3.8) is 0 Å². The van der Waals surface area contributed by atoms with E-state index in [1.54, 1.807) is 0 Å². The van der Waals surface area contributed by atoms with Crippen molar-refractivity contribution in [3.05, 3.63) is 59.9 Å². The number of anilines is 1. The summed E-state index contributed by atoms with van der Waals surface area (Å²) >= 11 is 0. The molecule has 4 nitrogen and oxygen atoms in total. The van der Waals surface area contributed by atoms with Crippen LogP contribution in [0.4, 0.5) is 5.69 Å². The number of hydrogen-bond donors (Lipinski definition) is 0. The maximum atomic E-state index is 12.7. The third-order valence-corrected chi connectivity index (χ3v) is 5.29. The van der Waals surface area contributed by atoms with Crippen LogP contribution in [0.25, 0.3) is 11.0 Å². The van der Waals surface area contributed by atoms with Crippen molar-refractivity contribution >= 4 is 22.6 Å². The summed E-state index contributed by atoms with van der Waals surface area (Å²) in [5.74, 6) is 1.34. The zero-order valence-electron chi connectivity index (χ0n) is 15.6. The summed E-state index contributed by atoms with van der Waals surface area (Å²) in [6, 6.07) is 16.9. The highest BCUT2D eigenvalue weighted by Gasteiger charge is 2.35. The molecule has 1 fully saturated rings. The molecule has 1 aromatic heterocycles. The van der Waals surface area contributed by atoms with E-state index >= 15 is 0 Å². The molecule has 1 unspecified atom stereocenters. The third kappa shape index (κ3) is 2.79. The summed E-state index contributed by atoms with van der Waals surface area (Å²) in [5, 5.41) is 0. The van der Waals surface area contributed by atoms with Crippen molar-refractivity contribution in [3.8, 4) is 0 Å². The summed E-state index contributed by atoms with van der Waals surface area (Å²) in [7, 11) is 0. The van der Waals surface area contributed by atoms with Gasteiger partial charge in [-0.1, -0.05) is 31.2 Å². The first-order chi connectivity index (χ1) is 12.6. The van der Waals surface area contributed by atoms with Crippen LogP contribution in [0.5, 0.6) is 0 Å². The number of aryl methyl sites for hydroxylation is 1. The van der Waals surface area contributed by atoms with Crippen molar-refractivity contribution in [1.29, 1.82) is 0 Å². The monoisotopic (exact) mass is 347 g/mol. The number of amides is 1. The average Bonchev–Trinajstić information content (AvgIpc) is 3.22. The van der Waals surface area contributed by atoms with Crippen LogP contribution in [0.2, 0.25) is 0 Å². The zero-order chi connectivity index (χ0) is 18.3. The molecule has 1 atom stereocenters. The van der Waals surface area contributed by atoms with Crippen LogP contribution in [0, 0.1) is 0 Å². The molecule has 0 aliphatic carbocycles. The van der Waals surface area contributed by atoms with E-state index in [1.807, 2.05) is 17.0 Å². The van der Waals surface area contributed by atoms with Crippen molar-refractivity contribution in [2.75, 3.05) is 11.4 Å². The molecule has 3 aromatic rings. The lowest BCUT2D eigenvalue weighted by atomic mass is 10.1. The fourth-order valence-corrected chi connectivity index (χ4v) is 3.94. The Morgan fingerprint density at radius 3 is 2.54 bits per heavy atom. The molecular weight excluding hydrogens is 322 g/mol. The number of imidazole rings is 1. The molecule has 0 N–H and O–H groups in total. The normalized spacial score (nSPS) is 17.6. The first kappa shape index (κ1) is 16.8. The number of hydrogen-bond acceptors (Lipinski definition) is 2. The molecule has 0 saturated carbocycles. The molecule has 2 aromatic carbocycles. The molecule has 4 rings (SSSR count). The summed E-state index contributed by atoms with van der Waals surface area (Å²) in [5.41, 5.74) is 4.44. The van der Waals surface area contributed by atoms with E-state index in [4.69, 9.17) is 4.98 Å². The SMILES string of the molecule is CCc1ccc(N2CC(c3nc4ccccc4n3C(C)C)CC2=O)cc1. The van der Waals surface area contributed by atoms with Gasteiger partial charge >= 0.3 is 0 Å². The highest BCUT2D eigenvalue weighted by Crippen LogP contribution is 2.34. The number of carbonyl (C=O) groups is 1. The van der Waals surface area contributed by atoms with Gasteiger partial charge in [-0.3, -0.25) is 4.79 Å². The molecule has 2 heterocycles. The molecule has 26 heavy (non-hydrogen) atoms. The second kappa shape index (κ2) is 6.60. The molecule has 1 aliphatic rings. The summed E-state index contributed by atoms with van der Waals surface area (Å²) in [6.07, 6.45) is 1.53. The first-order valence-corrected chi connectivity index (χ1v) is 9.44. The minimum absolute atomic E-state index is 0.128. The number of aromatic nitrogens is 2. The number of carbonyl (C=O) groups excluding carboxylic acids is 1. The van der Waals surface area contributed by atoms with Gasteiger partial charge in [-0.25, -0.2) is 4.98 Å². The Morgan fingerprint density at radius 2 is 1.85 bits per heavy atom. The van der Waals surface area contributed by atoms with E-state index in [0.29, 0.717) is 19.0 Å². The molecule has 1 aliphatic heterocycles. The fraction of sp³-hybridized carbons (Fsp3) is 0.364. The molecule has 0 spiro atoms. The van der Waals surface area contributed by atoms with E-state index in [0.717, 1.165) is 29.0 Å². The van der Waals surface area contributed by atoms with Crippen LogP contribution >= 0.6 is 0 Å². The standard InChI is InChI=1S/C22H25N3O/c1-4-16-9-11-18(12-10-16)24-14-17(13-21(24)26)22-23-19-7-5-6-8-20(19)25(22)15(2)3/h5-12,15,17H,4,13-14H2,1-3H3. The largest absolute Gasteiger partial charge is 0.325 e. The second-order valence-electron chi connectivity index (χ2n) is 7.35. The van der Waals surface area contributed by atoms with E-state index in [-0.39, 0.29) is 11.8 Å². The van der Waals surface area contributed by atoms with Crippen LogP contribution in [0.15, 0.2) is 48.5 Å². The van der Waals surface area contributed by atoms with Gasteiger partial charge in [-0.15, -0.1) is 0 Å². The Kier molecular flexibility index (Phi) is 4.27. The molecule has 4 heteroatoms. The van der Waals surface area contributed by atoms with Crippen molar-refractivity contribution in [2.24, 2.45) is 0 Å². The summed E-state index contributed by atoms with van der Waals surface area (Å²) in [4.78, 5) is 19.5. The van der Waals surface area contributed by atoms with Gasteiger partial charge in [0.15, 0.2) is 0 Å². The van der Waals surface area contributed by atoms with E-state index < -0.39 is 0 Å². The van der Waals surface area contributed by atoms with Gasteiger partial charge in [-0.05, 0) is 50.1 Å². The second-order valence-corrected chi connectivity index (χ2v) is 7.35. The first-order valence-electron chi connectivity index (χ1n) is 9.44. The molecule has 1 amide bonds. The van der Waals surface area contributed by atoms with Crippen molar-refractivity contribution < 1.29 is 4.79 Å². The van der Waals surface area contributed by atoms with E-state index in [9.17, 15) is 4.79 Å². The minimum Gasteiger partial charge on any atom is -0.325 e. The maximum absolute atomic E-state index is 12.7. The maximum Gasteiger partial charge on any atom is 0.227 e. The van der Waals surface area contributed by atoms with E-state index in [2.05, 4.69) is 61.7 Å². The quantitative estimate of drug-likeness (QED) is 0.686. The Morgan fingerprint density at radius 1 is 1.12 bits per heavy atom. The molecule has 1 saturated heterocycles. The van der Waals surface area contributed by atoms with Gasteiger partial charge in [0.2, 0.25) is 5.91 Å². The van der Waals surface area contributed by atoms with Crippen LogP contribution in [0.3, 0.4) is 0 Å². The molecule has 134 valence electrons. The number of rotatable bonds is 4. The summed E-state index contributed by atoms with van der Waals surface area (Å²) in [6.45, 7) is 7.19. The zero-order valence-corrected chi connectivity index (χ0v) is 15.6. The smallest absolute Gasteiger partial charge is 0.227 e. The topological polar surface area (TPSA) is 38.1 Å².